The lowest BCUT2D eigenvalue weighted by Gasteiger charge is -2.02. The van der Waals surface area contributed by atoms with Crippen LogP contribution in [0.3, 0.4) is 0 Å². The van der Waals surface area contributed by atoms with E-state index in [-0.39, 0.29) is 0 Å². The van der Waals surface area contributed by atoms with E-state index < -0.39 is 0 Å². The third-order valence-corrected chi connectivity index (χ3v) is 5.86. The first-order valence-electron chi connectivity index (χ1n) is 10.8. The first-order valence-corrected chi connectivity index (χ1v) is 10.8. The number of H-pyrrole nitrogens is 1. The number of fused-ring (bicyclic) bond motifs is 8. The fourth-order valence-electron chi connectivity index (χ4n) is 4.53. The molecule has 0 radical (unpaired) electrons. The van der Waals surface area contributed by atoms with Gasteiger partial charge in [-0.25, -0.2) is 9.97 Å². The Morgan fingerprint density at radius 3 is 1.50 bits per heavy atom. The van der Waals surface area contributed by atoms with Gasteiger partial charge in [0.1, 0.15) is 0 Å². The van der Waals surface area contributed by atoms with Crippen molar-refractivity contribution >= 4 is 46.4 Å². The standard InChI is InChI=1S/C26H26N4/c1-4-23-24(5-2)26-16-22-12-10-20(29-22)14-18-8-7-17(27-18)13-19-9-11-21(28-19)15-25(23)30(26)6-3/h7-16,27H,4-6H2,1-3H3. The predicted molar refractivity (Wildman–Crippen MR) is 127 cm³/mol. The summed E-state index contributed by atoms with van der Waals surface area (Å²) >= 11 is 0. The van der Waals surface area contributed by atoms with Gasteiger partial charge < -0.3 is 9.55 Å². The summed E-state index contributed by atoms with van der Waals surface area (Å²) < 4.78 is 2.41. The van der Waals surface area contributed by atoms with Gasteiger partial charge >= 0.3 is 0 Å². The van der Waals surface area contributed by atoms with Gasteiger partial charge in [-0.3, -0.25) is 0 Å². The summed E-state index contributed by atoms with van der Waals surface area (Å²) in [5, 5.41) is 0. The highest BCUT2D eigenvalue weighted by atomic mass is 15.0. The smallest absolute Gasteiger partial charge is 0.0658 e. The van der Waals surface area contributed by atoms with Crippen molar-refractivity contribution in [3.05, 3.63) is 70.3 Å². The zero-order valence-corrected chi connectivity index (χ0v) is 17.7. The van der Waals surface area contributed by atoms with E-state index in [9.17, 15) is 0 Å². The molecule has 4 nitrogen and oxygen atoms in total. The Balaban J connectivity index is 1.95. The third-order valence-electron chi connectivity index (χ3n) is 5.86. The molecule has 0 spiro atoms. The van der Waals surface area contributed by atoms with E-state index in [2.05, 4.69) is 91.0 Å². The molecule has 2 aliphatic rings. The Hall–Kier alpha value is -3.40. The molecule has 0 fully saturated rings. The van der Waals surface area contributed by atoms with Gasteiger partial charge in [0, 0.05) is 28.6 Å². The highest BCUT2D eigenvalue weighted by Crippen LogP contribution is 2.28. The molecule has 3 aromatic heterocycles. The molecule has 1 N–H and O–H groups in total. The van der Waals surface area contributed by atoms with Crippen LogP contribution >= 0.6 is 0 Å². The molecule has 5 heterocycles. The number of nitrogens with one attached hydrogen (secondary N) is 1. The molecule has 8 bridgehead atoms. The fourth-order valence-corrected chi connectivity index (χ4v) is 4.53. The van der Waals surface area contributed by atoms with Crippen molar-refractivity contribution in [2.45, 2.75) is 40.2 Å². The molecule has 2 aliphatic heterocycles. The summed E-state index contributed by atoms with van der Waals surface area (Å²) in [5.41, 5.74) is 11.4. The minimum atomic E-state index is 0.910. The molecule has 4 heteroatoms. The lowest BCUT2D eigenvalue weighted by molar-refractivity contribution is 0.821. The zero-order valence-electron chi connectivity index (χ0n) is 17.7. The summed E-state index contributed by atoms with van der Waals surface area (Å²) in [4.78, 5) is 13.1. The average molecular weight is 395 g/mol. The molecule has 0 unspecified atom stereocenters. The quantitative estimate of drug-likeness (QED) is 0.392. The summed E-state index contributed by atoms with van der Waals surface area (Å²) in [6, 6.07) is 12.8. The number of aromatic amines is 1. The molecule has 0 amide bonds. The topological polar surface area (TPSA) is 46.5 Å². The van der Waals surface area contributed by atoms with E-state index >= 15 is 0 Å². The van der Waals surface area contributed by atoms with Crippen LogP contribution in [0.15, 0.2) is 36.4 Å². The Kier molecular flexibility index (Phi) is 4.62. The number of aryl methyl sites for hydroxylation is 3. The van der Waals surface area contributed by atoms with Gasteiger partial charge in [-0.05, 0) is 91.6 Å². The predicted octanol–water partition coefficient (Wildman–Crippen LogP) is 6.27. The molecule has 0 atom stereocenters. The average Bonchev–Trinajstić information content (AvgIpc) is 3.51. The molecular formula is C26H26N4. The molecule has 0 aromatic carbocycles. The molecule has 0 saturated carbocycles. The van der Waals surface area contributed by atoms with Gasteiger partial charge in [0.2, 0.25) is 0 Å². The monoisotopic (exact) mass is 394 g/mol. The Labute approximate surface area is 176 Å². The van der Waals surface area contributed by atoms with Gasteiger partial charge in [-0.15, -0.1) is 0 Å². The number of hydrogen-bond donors (Lipinski definition) is 1. The SMILES string of the molecule is CCc1c(CC)c2cc3nc(cc4ccc(cc5nc(cc1n2CC)C=C5)[nH]4)C=C3. The second-order valence-corrected chi connectivity index (χ2v) is 7.72. The van der Waals surface area contributed by atoms with E-state index in [1.165, 1.54) is 22.2 Å². The fraction of sp³-hybridized carbons (Fsp3) is 0.231. The normalized spacial score (nSPS) is 12.6. The van der Waals surface area contributed by atoms with Crippen LogP contribution in [0.5, 0.6) is 0 Å². The van der Waals surface area contributed by atoms with Crippen LogP contribution in [-0.4, -0.2) is 19.5 Å². The maximum absolute atomic E-state index is 4.85. The second-order valence-electron chi connectivity index (χ2n) is 7.72. The summed E-state index contributed by atoms with van der Waals surface area (Å²) in [6.45, 7) is 7.61. The summed E-state index contributed by atoms with van der Waals surface area (Å²) in [5.74, 6) is 0. The molecule has 30 heavy (non-hydrogen) atoms. The van der Waals surface area contributed by atoms with Crippen molar-refractivity contribution in [3.8, 4) is 0 Å². The van der Waals surface area contributed by atoms with Crippen LogP contribution in [0.25, 0.3) is 46.4 Å². The van der Waals surface area contributed by atoms with Crippen molar-refractivity contribution < 1.29 is 0 Å². The second kappa shape index (κ2) is 7.45. The van der Waals surface area contributed by atoms with Gasteiger partial charge in [0.25, 0.3) is 0 Å². The van der Waals surface area contributed by atoms with E-state index in [0.29, 0.717) is 0 Å². The van der Waals surface area contributed by atoms with Gasteiger partial charge in [0.05, 0.1) is 22.8 Å². The minimum absolute atomic E-state index is 0.910. The highest BCUT2D eigenvalue weighted by Gasteiger charge is 2.14. The Bertz CT molecular complexity index is 1250. The molecule has 150 valence electrons. The van der Waals surface area contributed by atoms with Crippen LogP contribution in [-0.2, 0) is 19.4 Å². The maximum atomic E-state index is 4.85. The van der Waals surface area contributed by atoms with Crippen molar-refractivity contribution in [2.75, 3.05) is 0 Å². The molecule has 0 saturated heterocycles. The Morgan fingerprint density at radius 2 is 1.10 bits per heavy atom. The molecular weight excluding hydrogens is 368 g/mol. The summed E-state index contributed by atoms with van der Waals surface area (Å²) in [7, 11) is 0. The van der Waals surface area contributed by atoms with Gasteiger partial charge in [-0.1, -0.05) is 13.8 Å². The van der Waals surface area contributed by atoms with Crippen molar-refractivity contribution in [1.29, 1.82) is 0 Å². The minimum Gasteiger partial charge on any atom is -0.355 e. The van der Waals surface area contributed by atoms with Crippen LogP contribution in [0, 0.1) is 0 Å². The molecule has 5 rings (SSSR count). The van der Waals surface area contributed by atoms with Crippen molar-refractivity contribution in [2.24, 2.45) is 0 Å². The lowest BCUT2D eigenvalue weighted by atomic mass is 10.1. The molecule has 0 aliphatic carbocycles. The van der Waals surface area contributed by atoms with E-state index in [1.807, 2.05) is 0 Å². The number of nitrogens with zero attached hydrogens (tertiary/aromatic N) is 3. The van der Waals surface area contributed by atoms with Crippen molar-refractivity contribution in [1.82, 2.24) is 19.5 Å². The first kappa shape index (κ1) is 18.6. The van der Waals surface area contributed by atoms with Crippen molar-refractivity contribution in [3.63, 3.8) is 0 Å². The van der Waals surface area contributed by atoms with Crippen LogP contribution in [0.2, 0.25) is 0 Å². The van der Waals surface area contributed by atoms with E-state index in [1.54, 1.807) is 0 Å². The first-order chi connectivity index (χ1) is 14.7. The van der Waals surface area contributed by atoms with Crippen LogP contribution in [0.4, 0.5) is 0 Å². The zero-order chi connectivity index (χ0) is 20.7. The van der Waals surface area contributed by atoms with E-state index in [4.69, 9.17) is 9.97 Å². The largest absolute Gasteiger partial charge is 0.355 e. The Morgan fingerprint density at radius 1 is 0.667 bits per heavy atom. The van der Waals surface area contributed by atoms with Crippen LogP contribution in [0.1, 0.15) is 54.7 Å². The third kappa shape index (κ3) is 3.18. The maximum Gasteiger partial charge on any atom is 0.0658 e. The van der Waals surface area contributed by atoms with E-state index in [0.717, 1.165) is 53.2 Å². The summed E-state index contributed by atoms with van der Waals surface area (Å²) in [6.07, 6.45) is 10.4. The van der Waals surface area contributed by atoms with Gasteiger partial charge in [-0.2, -0.15) is 0 Å². The highest BCUT2D eigenvalue weighted by molar-refractivity contribution is 5.81. The van der Waals surface area contributed by atoms with Crippen LogP contribution < -0.4 is 0 Å². The lowest BCUT2D eigenvalue weighted by Crippen LogP contribution is -1.94. The van der Waals surface area contributed by atoms with Gasteiger partial charge in [0.15, 0.2) is 0 Å². The molecule has 3 aromatic rings. The number of hydrogen-bond acceptors (Lipinski definition) is 2. The number of rotatable bonds is 3. The number of aromatic nitrogens is 4.